The summed E-state index contributed by atoms with van der Waals surface area (Å²) in [5, 5.41) is 2.72. The Bertz CT molecular complexity index is 530. The van der Waals surface area contributed by atoms with E-state index in [1.165, 1.54) is 14.2 Å². The van der Waals surface area contributed by atoms with E-state index in [0.717, 1.165) is 5.56 Å². The molecule has 0 spiro atoms. The van der Waals surface area contributed by atoms with Crippen molar-refractivity contribution in [3.05, 3.63) is 23.3 Å². The van der Waals surface area contributed by atoms with Crippen molar-refractivity contribution >= 4 is 23.3 Å². The van der Waals surface area contributed by atoms with Crippen LogP contribution in [0.15, 0.2) is 12.1 Å². The Morgan fingerprint density at radius 2 is 2.00 bits per heavy atom. The highest BCUT2D eigenvalue weighted by Gasteiger charge is 2.32. The van der Waals surface area contributed by atoms with Gasteiger partial charge >= 0.3 is 0 Å². The number of ether oxygens (including phenoxy) is 2. The lowest BCUT2D eigenvalue weighted by atomic mass is 10.1. The highest BCUT2D eigenvalue weighted by molar-refractivity contribution is 6.27. The van der Waals surface area contributed by atoms with Gasteiger partial charge in [0.1, 0.15) is 5.88 Å². The van der Waals surface area contributed by atoms with Gasteiger partial charge in [-0.05, 0) is 17.7 Å². The van der Waals surface area contributed by atoms with Crippen LogP contribution in [0.1, 0.15) is 28.4 Å². The molecule has 0 bridgehead atoms. The van der Waals surface area contributed by atoms with Gasteiger partial charge in [-0.2, -0.15) is 0 Å². The molecule has 0 saturated carbocycles. The topological polar surface area (TPSA) is 64.6 Å². The van der Waals surface area contributed by atoms with Crippen molar-refractivity contribution in [2.45, 2.75) is 12.5 Å². The largest absolute Gasteiger partial charge is 0.493 e. The first kappa shape index (κ1) is 13.7. The molecule has 5 nitrogen and oxygen atoms in total. The van der Waals surface area contributed by atoms with E-state index in [1.54, 1.807) is 12.1 Å². The molecule has 0 aliphatic heterocycles. The van der Waals surface area contributed by atoms with Crippen LogP contribution in [0, 0.1) is 0 Å². The highest BCUT2D eigenvalue weighted by atomic mass is 35.5. The lowest BCUT2D eigenvalue weighted by Crippen LogP contribution is -2.28. The minimum absolute atomic E-state index is 0.0316. The van der Waals surface area contributed by atoms with Gasteiger partial charge in [-0.15, -0.1) is 11.6 Å². The molecule has 102 valence electrons. The summed E-state index contributed by atoms with van der Waals surface area (Å²) in [6.07, 6.45) is 0.230. The number of carbonyl (C=O) groups excluding carboxylic acids is 2. The van der Waals surface area contributed by atoms with E-state index in [-0.39, 0.29) is 30.0 Å². The predicted molar refractivity (Wildman–Crippen MR) is 70.1 cm³/mol. The summed E-state index contributed by atoms with van der Waals surface area (Å²) in [5.74, 6) is 0.561. The Morgan fingerprint density at radius 3 is 2.58 bits per heavy atom. The number of hydrogen-bond donors (Lipinski definition) is 1. The van der Waals surface area contributed by atoms with E-state index in [0.29, 0.717) is 17.1 Å². The third-order valence-electron chi connectivity index (χ3n) is 3.08. The fourth-order valence-corrected chi connectivity index (χ4v) is 2.27. The standard InChI is InChI=1S/C13H14ClNO4/c1-18-11-3-7-8(4-12(11)19-2)10(16)5-9(7)15-13(17)6-14/h3-4,9H,5-6H2,1-2H3,(H,15,17)/t9-/m1/s1. The molecule has 1 N–H and O–H groups in total. The Hall–Kier alpha value is -1.75. The molecular weight excluding hydrogens is 270 g/mol. The molecule has 1 atom stereocenters. The van der Waals surface area contributed by atoms with Gasteiger partial charge in [-0.25, -0.2) is 0 Å². The van der Waals surface area contributed by atoms with Crippen LogP contribution in [0.25, 0.3) is 0 Å². The maximum atomic E-state index is 11.9. The van der Waals surface area contributed by atoms with Gasteiger partial charge in [-0.1, -0.05) is 0 Å². The van der Waals surface area contributed by atoms with Gasteiger partial charge in [0.05, 0.1) is 20.3 Å². The van der Waals surface area contributed by atoms with Crippen molar-refractivity contribution in [1.82, 2.24) is 5.32 Å². The monoisotopic (exact) mass is 283 g/mol. The van der Waals surface area contributed by atoms with Crippen LogP contribution in [0.4, 0.5) is 0 Å². The van der Waals surface area contributed by atoms with E-state index < -0.39 is 0 Å². The number of methoxy groups -OCH3 is 2. The molecule has 19 heavy (non-hydrogen) atoms. The van der Waals surface area contributed by atoms with E-state index >= 15 is 0 Å². The normalized spacial score (nSPS) is 17.0. The van der Waals surface area contributed by atoms with Gasteiger partial charge in [0.2, 0.25) is 5.91 Å². The van der Waals surface area contributed by atoms with Crippen LogP contribution >= 0.6 is 11.6 Å². The van der Waals surface area contributed by atoms with Crippen LogP contribution in [0.3, 0.4) is 0 Å². The van der Waals surface area contributed by atoms with Gasteiger partial charge in [0.15, 0.2) is 17.3 Å². The summed E-state index contributed by atoms with van der Waals surface area (Å²) in [4.78, 5) is 23.3. The third-order valence-corrected chi connectivity index (χ3v) is 3.32. The number of ketones is 1. The van der Waals surface area contributed by atoms with E-state index in [4.69, 9.17) is 21.1 Å². The lowest BCUT2D eigenvalue weighted by molar-refractivity contribution is -0.119. The maximum absolute atomic E-state index is 11.9. The number of benzene rings is 1. The van der Waals surface area contributed by atoms with Crippen LogP contribution in [-0.2, 0) is 4.79 Å². The van der Waals surface area contributed by atoms with Crippen LogP contribution in [0.2, 0.25) is 0 Å². The molecule has 1 aromatic rings. The van der Waals surface area contributed by atoms with Crippen molar-refractivity contribution < 1.29 is 19.1 Å². The Morgan fingerprint density at radius 1 is 1.37 bits per heavy atom. The Kier molecular flexibility index (Phi) is 3.95. The first-order valence-corrected chi connectivity index (χ1v) is 6.28. The molecule has 2 rings (SSSR count). The first-order chi connectivity index (χ1) is 9.10. The molecule has 1 aliphatic carbocycles. The lowest BCUT2D eigenvalue weighted by Gasteiger charge is -2.14. The number of rotatable bonds is 4. The predicted octanol–water partition coefficient (Wildman–Crippen LogP) is 1.69. The number of alkyl halides is 1. The smallest absolute Gasteiger partial charge is 0.235 e. The average molecular weight is 284 g/mol. The van der Waals surface area contributed by atoms with Crippen LogP contribution in [0.5, 0.6) is 11.5 Å². The van der Waals surface area contributed by atoms with Crippen molar-refractivity contribution in [1.29, 1.82) is 0 Å². The van der Waals surface area contributed by atoms with E-state index in [9.17, 15) is 9.59 Å². The molecule has 1 amide bonds. The number of Topliss-reactive ketones (excluding diaryl/α,β-unsaturated/α-hetero) is 1. The Labute approximate surface area is 115 Å². The summed E-state index contributed by atoms with van der Waals surface area (Å²) in [6, 6.07) is 3.01. The summed E-state index contributed by atoms with van der Waals surface area (Å²) in [5.41, 5.74) is 1.29. The summed E-state index contributed by atoms with van der Waals surface area (Å²) in [7, 11) is 3.03. The number of carbonyl (C=O) groups is 2. The van der Waals surface area contributed by atoms with Crippen molar-refractivity contribution in [3.63, 3.8) is 0 Å². The zero-order valence-electron chi connectivity index (χ0n) is 10.7. The van der Waals surface area contributed by atoms with E-state index in [1.807, 2.05) is 0 Å². The van der Waals surface area contributed by atoms with Gasteiger partial charge in [-0.3, -0.25) is 9.59 Å². The number of hydrogen-bond acceptors (Lipinski definition) is 4. The fraction of sp³-hybridized carbons (Fsp3) is 0.385. The number of halogens is 1. The number of nitrogens with one attached hydrogen (secondary N) is 1. The van der Waals surface area contributed by atoms with Crippen molar-refractivity contribution in [2.24, 2.45) is 0 Å². The Balaban J connectivity index is 2.40. The summed E-state index contributed by atoms with van der Waals surface area (Å²) >= 11 is 5.46. The second kappa shape index (κ2) is 5.48. The minimum atomic E-state index is -0.353. The first-order valence-electron chi connectivity index (χ1n) is 5.75. The SMILES string of the molecule is COc1cc2c(cc1OC)[C@H](NC(=O)CCl)CC2=O. The number of amides is 1. The molecular formula is C13H14ClNO4. The highest BCUT2D eigenvalue weighted by Crippen LogP contribution is 2.39. The van der Waals surface area contributed by atoms with Crippen molar-refractivity contribution in [2.75, 3.05) is 20.1 Å². The molecule has 6 heteroatoms. The van der Waals surface area contributed by atoms with Gasteiger partial charge in [0, 0.05) is 12.0 Å². The molecule has 0 saturated heterocycles. The molecule has 0 fully saturated rings. The van der Waals surface area contributed by atoms with Gasteiger partial charge < -0.3 is 14.8 Å². The summed E-state index contributed by atoms with van der Waals surface area (Å²) < 4.78 is 10.4. The van der Waals surface area contributed by atoms with Gasteiger partial charge in [0.25, 0.3) is 0 Å². The minimum Gasteiger partial charge on any atom is -0.493 e. The number of fused-ring (bicyclic) bond motifs is 1. The molecule has 1 aliphatic rings. The van der Waals surface area contributed by atoms with Crippen molar-refractivity contribution in [3.8, 4) is 11.5 Å². The zero-order chi connectivity index (χ0) is 14.0. The van der Waals surface area contributed by atoms with E-state index in [2.05, 4.69) is 5.32 Å². The second-order valence-corrected chi connectivity index (χ2v) is 4.44. The third kappa shape index (κ3) is 2.51. The van der Waals surface area contributed by atoms with Crippen LogP contribution in [-0.4, -0.2) is 31.8 Å². The molecule has 0 heterocycles. The molecule has 0 aromatic heterocycles. The average Bonchev–Trinajstić information content (AvgIpc) is 2.73. The maximum Gasteiger partial charge on any atom is 0.235 e. The fourth-order valence-electron chi connectivity index (χ4n) is 2.19. The quantitative estimate of drug-likeness (QED) is 0.854. The molecule has 0 radical (unpaired) electrons. The van der Waals surface area contributed by atoms with Crippen LogP contribution < -0.4 is 14.8 Å². The summed E-state index contributed by atoms with van der Waals surface area (Å²) in [6.45, 7) is 0. The molecule has 1 aromatic carbocycles. The molecule has 0 unspecified atom stereocenters. The zero-order valence-corrected chi connectivity index (χ0v) is 11.4. The second-order valence-electron chi connectivity index (χ2n) is 4.18.